The fourth-order valence-electron chi connectivity index (χ4n) is 3.64. The second-order valence-corrected chi connectivity index (χ2v) is 6.53. The number of nitrogens with zero attached hydrogens (tertiary/aromatic N) is 1. The summed E-state index contributed by atoms with van der Waals surface area (Å²) in [4.78, 5) is 24.2. The van der Waals surface area contributed by atoms with Crippen LogP contribution in [0.15, 0.2) is 35.9 Å². The molecule has 1 aromatic carbocycles. The molecule has 0 saturated heterocycles. The van der Waals surface area contributed by atoms with Crippen LogP contribution in [0, 0.1) is 28.6 Å². The summed E-state index contributed by atoms with van der Waals surface area (Å²) >= 11 is 5.96. The van der Waals surface area contributed by atoms with E-state index in [-0.39, 0.29) is 12.5 Å². The van der Waals surface area contributed by atoms with Crippen molar-refractivity contribution in [1.82, 2.24) is 0 Å². The largest absolute Gasteiger partial charge is 0.465 e. The van der Waals surface area contributed by atoms with Gasteiger partial charge in [0, 0.05) is 16.9 Å². The van der Waals surface area contributed by atoms with E-state index < -0.39 is 23.2 Å². The molecular formula is C19H20ClNO3. The van der Waals surface area contributed by atoms with Crippen molar-refractivity contribution < 1.29 is 14.3 Å². The molecule has 1 aliphatic rings. The van der Waals surface area contributed by atoms with Crippen molar-refractivity contribution in [3.05, 3.63) is 46.5 Å². The first-order chi connectivity index (χ1) is 11.4. The number of carbonyl (C=O) groups is 2. The standard InChI is InChI=1S/C19H20ClNO3/c1-4-24-18(23)19(11-21)13(3)15(10-22)9-12(2)17(19)14-5-7-16(20)8-6-14/h5-10,12-13,17H,4H2,1-3H3/t12-,13+,17-,19-/m0/s1. The molecular weight excluding hydrogens is 326 g/mol. The maximum atomic E-state index is 12.8. The normalized spacial score (nSPS) is 29.3. The van der Waals surface area contributed by atoms with Crippen LogP contribution in [0.3, 0.4) is 0 Å². The van der Waals surface area contributed by atoms with Gasteiger partial charge < -0.3 is 4.74 Å². The van der Waals surface area contributed by atoms with Gasteiger partial charge in [-0.1, -0.05) is 43.7 Å². The number of esters is 1. The highest BCUT2D eigenvalue weighted by Crippen LogP contribution is 2.53. The zero-order valence-electron chi connectivity index (χ0n) is 14.0. The quantitative estimate of drug-likeness (QED) is 0.613. The van der Waals surface area contributed by atoms with Crippen molar-refractivity contribution in [3.63, 3.8) is 0 Å². The Labute approximate surface area is 147 Å². The van der Waals surface area contributed by atoms with E-state index in [1.165, 1.54) is 0 Å². The average molecular weight is 346 g/mol. The number of ether oxygens (including phenoxy) is 1. The molecule has 1 aromatic rings. The van der Waals surface area contributed by atoms with Gasteiger partial charge in [0.25, 0.3) is 0 Å². The number of rotatable bonds is 4. The lowest BCUT2D eigenvalue weighted by atomic mass is 9.56. The highest BCUT2D eigenvalue weighted by molar-refractivity contribution is 6.30. The summed E-state index contributed by atoms with van der Waals surface area (Å²) in [6, 6.07) is 9.32. The Hall–Kier alpha value is -2.12. The smallest absolute Gasteiger partial charge is 0.327 e. The van der Waals surface area contributed by atoms with Gasteiger partial charge in [0.2, 0.25) is 0 Å². The van der Waals surface area contributed by atoms with Gasteiger partial charge in [-0.2, -0.15) is 5.26 Å². The van der Waals surface area contributed by atoms with Crippen molar-refractivity contribution in [1.29, 1.82) is 5.26 Å². The molecule has 0 heterocycles. The van der Waals surface area contributed by atoms with Crippen LogP contribution in [0.25, 0.3) is 0 Å². The Morgan fingerprint density at radius 3 is 2.50 bits per heavy atom. The molecule has 0 amide bonds. The summed E-state index contributed by atoms with van der Waals surface area (Å²) in [5, 5.41) is 10.6. The monoisotopic (exact) mass is 345 g/mol. The van der Waals surface area contributed by atoms with Crippen LogP contribution in [-0.2, 0) is 14.3 Å². The summed E-state index contributed by atoms with van der Waals surface area (Å²) in [5.74, 6) is -1.74. The van der Waals surface area contributed by atoms with Gasteiger partial charge in [0.05, 0.1) is 12.7 Å². The Bertz CT molecular complexity index is 704. The van der Waals surface area contributed by atoms with Gasteiger partial charge in [-0.25, -0.2) is 0 Å². The number of hydrogen-bond donors (Lipinski definition) is 0. The molecule has 126 valence electrons. The lowest BCUT2D eigenvalue weighted by Gasteiger charge is -2.43. The Morgan fingerprint density at radius 1 is 1.38 bits per heavy atom. The predicted molar refractivity (Wildman–Crippen MR) is 91.3 cm³/mol. The highest BCUT2D eigenvalue weighted by atomic mass is 35.5. The summed E-state index contributed by atoms with van der Waals surface area (Å²) in [5.41, 5.74) is -0.161. The topological polar surface area (TPSA) is 67.2 Å². The third-order valence-electron chi connectivity index (χ3n) is 4.82. The van der Waals surface area contributed by atoms with E-state index in [1.54, 1.807) is 26.0 Å². The Kier molecular flexibility index (Phi) is 5.46. The molecule has 0 bridgehead atoms. The van der Waals surface area contributed by atoms with Crippen LogP contribution in [0.1, 0.15) is 32.3 Å². The molecule has 0 unspecified atom stereocenters. The van der Waals surface area contributed by atoms with E-state index in [0.29, 0.717) is 10.6 Å². The van der Waals surface area contributed by atoms with Crippen LogP contribution >= 0.6 is 11.6 Å². The molecule has 0 aliphatic heterocycles. The first-order valence-corrected chi connectivity index (χ1v) is 8.31. The Balaban J connectivity index is 2.69. The molecule has 0 aromatic heterocycles. The summed E-state index contributed by atoms with van der Waals surface area (Å²) in [7, 11) is 0. The number of carbonyl (C=O) groups excluding carboxylic acids is 2. The second-order valence-electron chi connectivity index (χ2n) is 6.10. The lowest BCUT2D eigenvalue weighted by molar-refractivity contribution is -0.156. The predicted octanol–water partition coefficient (Wildman–Crippen LogP) is 3.91. The molecule has 5 heteroatoms. The fourth-order valence-corrected chi connectivity index (χ4v) is 3.76. The Morgan fingerprint density at radius 2 is 2.00 bits per heavy atom. The van der Waals surface area contributed by atoms with Crippen molar-refractivity contribution >= 4 is 23.9 Å². The summed E-state index contributed by atoms with van der Waals surface area (Å²) in [6.07, 6.45) is 2.57. The molecule has 4 atom stereocenters. The van der Waals surface area contributed by atoms with Crippen molar-refractivity contribution in [2.75, 3.05) is 6.61 Å². The molecule has 0 radical (unpaired) electrons. The highest BCUT2D eigenvalue weighted by Gasteiger charge is 2.57. The molecule has 0 fully saturated rings. The van der Waals surface area contributed by atoms with Crippen LogP contribution in [0.5, 0.6) is 0 Å². The van der Waals surface area contributed by atoms with Gasteiger partial charge in [-0.3, -0.25) is 9.59 Å². The fraction of sp³-hybridized carbons (Fsp3) is 0.421. The molecule has 0 N–H and O–H groups in total. The molecule has 2 rings (SSSR count). The van der Waals surface area contributed by atoms with Crippen molar-refractivity contribution in [2.45, 2.75) is 26.7 Å². The molecule has 4 nitrogen and oxygen atoms in total. The van der Waals surface area contributed by atoms with E-state index >= 15 is 0 Å². The first kappa shape index (κ1) is 18.2. The number of allylic oxidation sites excluding steroid dienone is 2. The van der Waals surface area contributed by atoms with E-state index in [0.717, 1.165) is 11.8 Å². The van der Waals surface area contributed by atoms with E-state index in [2.05, 4.69) is 6.07 Å². The maximum Gasteiger partial charge on any atom is 0.327 e. The van der Waals surface area contributed by atoms with Gasteiger partial charge >= 0.3 is 5.97 Å². The summed E-state index contributed by atoms with van der Waals surface area (Å²) < 4.78 is 5.23. The number of nitriles is 1. The second kappa shape index (κ2) is 7.19. The van der Waals surface area contributed by atoms with E-state index in [9.17, 15) is 14.9 Å². The van der Waals surface area contributed by atoms with Crippen molar-refractivity contribution in [2.24, 2.45) is 17.3 Å². The number of halogens is 1. The van der Waals surface area contributed by atoms with Crippen LogP contribution in [-0.4, -0.2) is 18.9 Å². The number of benzene rings is 1. The van der Waals surface area contributed by atoms with E-state index in [1.807, 2.05) is 25.1 Å². The maximum absolute atomic E-state index is 12.8. The van der Waals surface area contributed by atoms with Gasteiger partial charge in [0.1, 0.15) is 6.29 Å². The van der Waals surface area contributed by atoms with Gasteiger partial charge in [-0.15, -0.1) is 0 Å². The van der Waals surface area contributed by atoms with Crippen LogP contribution in [0.2, 0.25) is 5.02 Å². The minimum Gasteiger partial charge on any atom is -0.465 e. The minimum atomic E-state index is -1.45. The minimum absolute atomic E-state index is 0.174. The number of hydrogen-bond acceptors (Lipinski definition) is 4. The van der Waals surface area contributed by atoms with Gasteiger partial charge in [0.15, 0.2) is 5.41 Å². The zero-order chi connectivity index (χ0) is 17.9. The molecule has 0 saturated carbocycles. The lowest BCUT2D eigenvalue weighted by Crippen LogP contribution is -2.48. The summed E-state index contributed by atoms with van der Waals surface area (Å²) in [6.45, 7) is 5.51. The molecule has 1 aliphatic carbocycles. The molecule has 0 spiro atoms. The third kappa shape index (κ3) is 2.85. The van der Waals surface area contributed by atoms with Crippen molar-refractivity contribution in [3.8, 4) is 6.07 Å². The number of aldehydes is 1. The first-order valence-electron chi connectivity index (χ1n) is 7.93. The SMILES string of the molecule is CCOC(=O)[C@@]1(C#N)[C@H](C)C(C=O)=C[C@H](C)[C@H]1c1ccc(Cl)cc1. The van der Waals surface area contributed by atoms with Crippen LogP contribution in [0.4, 0.5) is 0 Å². The van der Waals surface area contributed by atoms with E-state index in [4.69, 9.17) is 16.3 Å². The zero-order valence-corrected chi connectivity index (χ0v) is 14.7. The van der Waals surface area contributed by atoms with Gasteiger partial charge in [-0.05, 0) is 36.1 Å². The molecule has 24 heavy (non-hydrogen) atoms. The van der Waals surface area contributed by atoms with Crippen LogP contribution < -0.4 is 0 Å². The third-order valence-corrected chi connectivity index (χ3v) is 5.07. The average Bonchev–Trinajstić information content (AvgIpc) is 2.57.